The third-order valence-corrected chi connectivity index (χ3v) is 5.29. The van der Waals surface area contributed by atoms with Gasteiger partial charge in [-0.25, -0.2) is 0 Å². The van der Waals surface area contributed by atoms with E-state index >= 15 is 0 Å². The fourth-order valence-corrected chi connectivity index (χ4v) is 4.30. The molecule has 2 heterocycles. The minimum Gasteiger partial charge on any atom is -0.481 e. The molecule has 4 heteroatoms. The Balaban J connectivity index is 1.81. The smallest absolute Gasteiger partial charge is 0.307 e. The fourth-order valence-electron chi connectivity index (χ4n) is 3.19. The summed E-state index contributed by atoms with van der Waals surface area (Å²) in [5.41, 5.74) is 1.39. The van der Waals surface area contributed by atoms with Gasteiger partial charge in [0.1, 0.15) is 0 Å². The number of rotatable bonds is 2. The van der Waals surface area contributed by atoms with E-state index in [4.69, 9.17) is 0 Å². The number of nitrogens with zero attached hydrogens (tertiary/aromatic N) is 1. The van der Waals surface area contributed by atoms with Gasteiger partial charge in [0.25, 0.3) is 0 Å². The number of fused-ring (bicyclic) bond motifs is 1. The summed E-state index contributed by atoms with van der Waals surface area (Å²) in [5, 5.41) is 9.22. The molecule has 2 unspecified atom stereocenters. The first-order valence-electron chi connectivity index (χ1n) is 6.94. The largest absolute Gasteiger partial charge is 0.481 e. The maximum Gasteiger partial charge on any atom is 0.307 e. The average Bonchev–Trinajstić information content (AvgIpc) is 2.47. The first-order valence-corrected chi connectivity index (χ1v) is 7.93. The third-order valence-electron chi connectivity index (χ3n) is 4.17. The van der Waals surface area contributed by atoms with E-state index in [1.807, 2.05) is 11.8 Å². The van der Waals surface area contributed by atoms with Gasteiger partial charge in [0.2, 0.25) is 0 Å². The van der Waals surface area contributed by atoms with Crippen LogP contribution in [0.1, 0.15) is 30.9 Å². The molecule has 0 bridgehead atoms. The van der Waals surface area contributed by atoms with Crippen molar-refractivity contribution in [3.05, 3.63) is 29.8 Å². The number of hydrogen-bond donors (Lipinski definition) is 1. The van der Waals surface area contributed by atoms with Crippen LogP contribution in [0.25, 0.3) is 0 Å². The predicted octanol–water partition coefficient (Wildman–Crippen LogP) is 3.02. The summed E-state index contributed by atoms with van der Waals surface area (Å²) < 4.78 is 0. The molecule has 19 heavy (non-hydrogen) atoms. The Labute approximate surface area is 118 Å². The minimum atomic E-state index is -0.636. The molecule has 1 N–H and O–H groups in total. The molecule has 1 fully saturated rings. The number of benzene rings is 1. The highest BCUT2D eigenvalue weighted by Gasteiger charge is 2.32. The molecule has 2 aliphatic rings. The second kappa shape index (κ2) is 5.55. The molecule has 1 aromatic rings. The second-order valence-electron chi connectivity index (χ2n) is 5.36. The Morgan fingerprint density at radius 2 is 2.16 bits per heavy atom. The van der Waals surface area contributed by atoms with Gasteiger partial charge >= 0.3 is 5.97 Å². The minimum absolute atomic E-state index is 0.185. The van der Waals surface area contributed by atoms with E-state index in [2.05, 4.69) is 29.2 Å². The van der Waals surface area contributed by atoms with Crippen LogP contribution in [0.5, 0.6) is 0 Å². The highest BCUT2D eigenvalue weighted by molar-refractivity contribution is 7.99. The topological polar surface area (TPSA) is 40.5 Å². The van der Waals surface area contributed by atoms with Crippen LogP contribution < -0.4 is 0 Å². The molecule has 102 valence electrons. The Bertz CT molecular complexity index is 477. The van der Waals surface area contributed by atoms with Gasteiger partial charge in [-0.05, 0) is 43.2 Å². The van der Waals surface area contributed by atoms with E-state index in [0.717, 1.165) is 31.6 Å². The number of carbonyl (C=O) groups is 1. The average molecular weight is 277 g/mol. The Hall–Kier alpha value is -1.00. The summed E-state index contributed by atoms with van der Waals surface area (Å²) in [6.07, 6.45) is 2.96. The molecule has 2 atom stereocenters. The number of thioether (sulfide) groups is 1. The predicted molar refractivity (Wildman–Crippen MR) is 76.5 cm³/mol. The second-order valence-corrected chi connectivity index (χ2v) is 6.50. The van der Waals surface area contributed by atoms with E-state index in [9.17, 15) is 9.90 Å². The lowest BCUT2D eigenvalue weighted by Crippen LogP contribution is -2.41. The zero-order valence-corrected chi connectivity index (χ0v) is 11.7. The van der Waals surface area contributed by atoms with E-state index in [-0.39, 0.29) is 5.92 Å². The van der Waals surface area contributed by atoms with Crippen molar-refractivity contribution in [1.82, 2.24) is 4.90 Å². The lowest BCUT2D eigenvalue weighted by Gasteiger charge is -2.39. The molecule has 0 amide bonds. The van der Waals surface area contributed by atoms with Crippen molar-refractivity contribution in [2.24, 2.45) is 5.92 Å². The number of piperidine rings is 1. The summed E-state index contributed by atoms with van der Waals surface area (Å²) in [5.74, 6) is 0.314. The van der Waals surface area contributed by atoms with Crippen LogP contribution in [0.2, 0.25) is 0 Å². The normalized spacial score (nSPS) is 27.8. The van der Waals surface area contributed by atoms with Gasteiger partial charge in [0.05, 0.1) is 5.92 Å². The number of carboxylic acids is 1. The molecule has 2 aliphatic heterocycles. The number of hydrogen-bond acceptors (Lipinski definition) is 3. The molecule has 0 spiro atoms. The van der Waals surface area contributed by atoms with Crippen LogP contribution in [0.4, 0.5) is 0 Å². The van der Waals surface area contributed by atoms with E-state index in [1.54, 1.807) is 0 Å². The summed E-state index contributed by atoms with van der Waals surface area (Å²) in [4.78, 5) is 15.0. The molecule has 3 nitrogen and oxygen atoms in total. The van der Waals surface area contributed by atoms with E-state index in [0.29, 0.717) is 12.6 Å². The standard InChI is InChI=1S/C15H19NO2S/c17-15(18)11-4-3-8-16(10-11)13-7-9-19-14-6-2-1-5-12(13)14/h1-2,5-6,11,13H,3-4,7-10H2,(H,17,18). The maximum atomic E-state index is 11.2. The molecule has 0 aromatic heterocycles. The molecule has 1 aromatic carbocycles. The van der Waals surface area contributed by atoms with Crippen LogP contribution in [0.3, 0.4) is 0 Å². The Kier molecular flexibility index (Phi) is 3.80. The quantitative estimate of drug-likeness (QED) is 0.902. The molecule has 0 radical (unpaired) electrons. The number of aliphatic carboxylic acids is 1. The number of carboxylic acid groups (broad SMARTS) is 1. The van der Waals surface area contributed by atoms with Gasteiger partial charge in [0, 0.05) is 17.5 Å². The highest BCUT2D eigenvalue weighted by atomic mass is 32.2. The number of likely N-dealkylation sites (tertiary alicyclic amines) is 1. The first-order chi connectivity index (χ1) is 9.25. The van der Waals surface area contributed by atoms with Crippen molar-refractivity contribution in [2.45, 2.75) is 30.2 Å². The van der Waals surface area contributed by atoms with E-state index < -0.39 is 5.97 Å². The monoisotopic (exact) mass is 277 g/mol. The molecule has 1 saturated heterocycles. The zero-order chi connectivity index (χ0) is 13.2. The molecule has 0 aliphatic carbocycles. The molecular formula is C15H19NO2S. The Morgan fingerprint density at radius 1 is 1.32 bits per heavy atom. The zero-order valence-electron chi connectivity index (χ0n) is 10.9. The van der Waals surface area contributed by atoms with Crippen molar-refractivity contribution in [1.29, 1.82) is 0 Å². The van der Waals surface area contributed by atoms with Gasteiger partial charge in [-0.15, -0.1) is 11.8 Å². The first kappa shape index (κ1) is 13.0. The van der Waals surface area contributed by atoms with Crippen LogP contribution in [0.15, 0.2) is 29.2 Å². The van der Waals surface area contributed by atoms with Crippen molar-refractivity contribution in [3.8, 4) is 0 Å². The molecular weight excluding hydrogens is 258 g/mol. The lowest BCUT2D eigenvalue weighted by molar-refractivity contribution is -0.144. The van der Waals surface area contributed by atoms with E-state index in [1.165, 1.54) is 10.5 Å². The van der Waals surface area contributed by atoms with Crippen LogP contribution >= 0.6 is 11.8 Å². The third kappa shape index (κ3) is 2.65. The van der Waals surface area contributed by atoms with Crippen molar-refractivity contribution < 1.29 is 9.90 Å². The van der Waals surface area contributed by atoms with Gasteiger partial charge in [0.15, 0.2) is 0 Å². The summed E-state index contributed by atoms with van der Waals surface area (Å²) in [6.45, 7) is 1.74. The lowest BCUT2D eigenvalue weighted by atomic mass is 9.93. The molecule has 0 saturated carbocycles. The SMILES string of the molecule is O=C(O)C1CCCN(C2CCSc3ccccc32)C1. The highest BCUT2D eigenvalue weighted by Crippen LogP contribution is 2.40. The summed E-state index contributed by atoms with van der Waals surface area (Å²) >= 11 is 1.92. The van der Waals surface area contributed by atoms with Crippen molar-refractivity contribution >= 4 is 17.7 Å². The van der Waals surface area contributed by atoms with Crippen molar-refractivity contribution in [3.63, 3.8) is 0 Å². The van der Waals surface area contributed by atoms with Crippen LogP contribution in [0, 0.1) is 5.92 Å². The van der Waals surface area contributed by atoms with Crippen molar-refractivity contribution in [2.75, 3.05) is 18.8 Å². The van der Waals surface area contributed by atoms with Gasteiger partial charge in [-0.3, -0.25) is 9.69 Å². The fraction of sp³-hybridized carbons (Fsp3) is 0.533. The Morgan fingerprint density at radius 3 is 3.00 bits per heavy atom. The summed E-state index contributed by atoms with van der Waals surface area (Å²) in [6, 6.07) is 8.99. The van der Waals surface area contributed by atoms with Gasteiger partial charge in [-0.2, -0.15) is 0 Å². The van der Waals surface area contributed by atoms with Gasteiger partial charge in [-0.1, -0.05) is 18.2 Å². The maximum absolute atomic E-state index is 11.2. The van der Waals surface area contributed by atoms with Crippen LogP contribution in [-0.4, -0.2) is 34.8 Å². The van der Waals surface area contributed by atoms with Crippen LogP contribution in [-0.2, 0) is 4.79 Å². The molecule has 3 rings (SSSR count). The summed E-state index contributed by atoms with van der Waals surface area (Å²) in [7, 11) is 0. The van der Waals surface area contributed by atoms with Gasteiger partial charge < -0.3 is 5.11 Å².